The Morgan fingerprint density at radius 1 is 1.15 bits per heavy atom. The minimum Gasteiger partial charge on any atom is -0.465 e. The minimum atomic E-state index is -0.525. The van der Waals surface area contributed by atoms with Crippen molar-refractivity contribution in [1.82, 2.24) is 19.7 Å². The first kappa shape index (κ1) is 17.5. The number of carbonyl (C=O) groups excluding carboxylic acids is 1. The van der Waals surface area contributed by atoms with Gasteiger partial charge in [0.2, 0.25) is 0 Å². The third kappa shape index (κ3) is 3.50. The number of ether oxygens (including phenoxy) is 1. The standard InChI is InChI=1S/C20H22N4O3/c1-27-20(26)17-13-24(12-16-18(17)21-22-19(16)25)15-7-5-14(6-8-15)11-23-9-3-2-4-10-23/h5-8,12-13H,2-4,9-11H2,1H3,(H,22,25). The summed E-state index contributed by atoms with van der Waals surface area (Å²) in [6.45, 7) is 3.26. The van der Waals surface area contributed by atoms with Crippen molar-refractivity contribution in [3.05, 3.63) is 58.1 Å². The normalized spacial score (nSPS) is 15.1. The number of aromatic amines is 1. The number of hydrogen-bond acceptors (Lipinski definition) is 5. The second-order valence-corrected chi connectivity index (χ2v) is 6.89. The van der Waals surface area contributed by atoms with Gasteiger partial charge in [0, 0.05) is 24.6 Å². The minimum absolute atomic E-state index is 0.255. The van der Waals surface area contributed by atoms with E-state index in [-0.39, 0.29) is 11.1 Å². The molecule has 1 aromatic rings. The van der Waals surface area contributed by atoms with Gasteiger partial charge in [0.05, 0.1) is 12.7 Å². The Labute approximate surface area is 156 Å². The first-order chi connectivity index (χ1) is 13.2. The van der Waals surface area contributed by atoms with Crippen LogP contribution < -0.4 is 5.56 Å². The molecule has 1 N–H and O–H groups in total. The zero-order valence-corrected chi connectivity index (χ0v) is 15.3. The van der Waals surface area contributed by atoms with Crippen LogP contribution in [0.25, 0.3) is 16.9 Å². The molecule has 3 aliphatic rings. The Morgan fingerprint density at radius 2 is 1.89 bits per heavy atom. The van der Waals surface area contributed by atoms with Gasteiger partial charge in [-0.1, -0.05) is 18.6 Å². The number of piperidine rings is 1. The molecule has 7 heteroatoms. The van der Waals surface area contributed by atoms with Crippen molar-refractivity contribution in [1.29, 1.82) is 0 Å². The molecule has 1 saturated heterocycles. The van der Waals surface area contributed by atoms with E-state index in [0.29, 0.717) is 11.3 Å². The van der Waals surface area contributed by atoms with Gasteiger partial charge in [0.1, 0.15) is 11.3 Å². The highest BCUT2D eigenvalue weighted by molar-refractivity contribution is 5.96. The third-order valence-corrected chi connectivity index (χ3v) is 5.06. The van der Waals surface area contributed by atoms with Gasteiger partial charge in [-0.15, -0.1) is 0 Å². The van der Waals surface area contributed by atoms with Crippen molar-refractivity contribution in [2.45, 2.75) is 25.8 Å². The highest BCUT2D eigenvalue weighted by atomic mass is 16.5. The number of rotatable bonds is 4. The Balaban J connectivity index is 1.65. The number of esters is 1. The summed E-state index contributed by atoms with van der Waals surface area (Å²) in [7, 11) is 1.31. The smallest absolute Gasteiger partial charge is 0.341 e. The number of nitrogens with zero attached hydrogens (tertiary/aromatic N) is 3. The maximum atomic E-state index is 12.1. The highest BCUT2D eigenvalue weighted by Gasteiger charge is 2.22. The summed E-state index contributed by atoms with van der Waals surface area (Å²) in [6.07, 6.45) is 7.20. The van der Waals surface area contributed by atoms with Crippen molar-refractivity contribution in [3.63, 3.8) is 0 Å². The number of carbonyl (C=O) groups is 1. The summed E-state index contributed by atoms with van der Waals surface area (Å²) in [6, 6.07) is 8.17. The SMILES string of the molecule is COC(=O)c1cn(-c2ccc(CN3CCCCC3)cc2)cc2c(=O)[nH]nc1-2. The molecule has 0 bridgehead atoms. The Morgan fingerprint density at radius 3 is 2.59 bits per heavy atom. The molecule has 1 fully saturated rings. The number of aromatic nitrogens is 3. The maximum Gasteiger partial charge on any atom is 0.341 e. The van der Waals surface area contributed by atoms with E-state index >= 15 is 0 Å². The van der Waals surface area contributed by atoms with E-state index in [9.17, 15) is 9.59 Å². The van der Waals surface area contributed by atoms with Crippen LogP contribution in [0.4, 0.5) is 0 Å². The third-order valence-electron chi connectivity index (χ3n) is 5.06. The van der Waals surface area contributed by atoms with E-state index in [4.69, 9.17) is 4.74 Å². The molecule has 0 spiro atoms. The summed E-state index contributed by atoms with van der Waals surface area (Å²) in [4.78, 5) is 26.6. The number of likely N-dealkylation sites (tertiary alicyclic amines) is 1. The van der Waals surface area contributed by atoms with E-state index in [2.05, 4.69) is 27.2 Å². The summed E-state index contributed by atoms with van der Waals surface area (Å²) >= 11 is 0. The average Bonchev–Trinajstić information content (AvgIpc) is 3.09. The number of pyridine rings is 1. The fourth-order valence-electron chi connectivity index (χ4n) is 3.59. The predicted octanol–water partition coefficient (Wildman–Crippen LogP) is 2.44. The van der Waals surface area contributed by atoms with Crippen LogP contribution in [0, 0.1) is 0 Å². The Kier molecular flexibility index (Phi) is 4.77. The summed E-state index contributed by atoms with van der Waals surface area (Å²) in [5, 5.41) is 6.34. The van der Waals surface area contributed by atoms with Crippen LogP contribution in [0.15, 0.2) is 41.5 Å². The zero-order chi connectivity index (χ0) is 18.8. The predicted molar refractivity (Wildman–Crippen MR) is 101 cm³/mol. The largest absolute Gasteiger partial charge is 0.465 e. The lowest BCUT2D eigenvalue weighted by Gasteiger charge is -2.26. The molecule has 0 aromatic heterocycles. The monoisotopic (exact) mass is 366 g/mol. The lowest BCUT2D eigenvalue weighted by atomic mass is 10.1. The van der Waals surface area contributed by atoms with Crippen molar-refractivity contribution in [2.24, 2.45) is 0 Å². The van der Waals surface area contributed by atoms with Crippen molar-refractivity contribution < 1.29 is 9.53 Å². The first-order valence-electron chi connectivity index (χ1n) is 9.16. The Bertz CT molecular complexity index is 968. The van der Waals surface area contributed by atoms with Crippen LogP contribution in [0.5, 0.6) is 0 Å². The van der Waals surface area contributed by atoms with E-state index in [1.807, 2.05) is 12.1 Å². The number of benzene rings is 1. The molecule has 0 aliphatic carbocycles. The molecule has 0 saturated carbocycles. The van der Waals surface area contributed by atoms with Crippen molar-refractivity contribution in [3.8, 4) is 16.9 Å². The number of nitrogens with one attached hydrogen (secondary N) is 1. The average molecular weight is 366 g/mol. The van der Waals surface area contributed by atoms with E-state index < -0.39 is 5.97 Å². The molecule has 0 amide bonds. The van der Waals surface area contributed by atoms with E-state index in [1.54, 1.807) is 17.0 Å². The molecule has 4 rings (SSSR count). The molecule has 0 unspecified atom stereocenters. The lowest BCUT2D eigenvalue weighted by molar-refractivity contribution is 0.0600. The summed E-state index contributed by atoms with van der Waals surface area (Å²) < 4.78 is 6.59. The molecular formula is C20H22N4O3. The fourth-order valence-corrected chi connectivity index (χ4v) is 3.59. The molecule has 0 radical (unpaired) electrons. The first-order valence-corrected chi connectivity index (χ1v) is 9.16. The van der Waals surface area contributed by atoms with Crippen LogP contribution in [-0.4, -0.2) is 45.8 Å². The van der Waals surface area contributed by atoms with Gasteiger partial charge in [0.25, 0.3) is 5.56 Å². The van der Waals surface area contributed by atoms with Gasteiger partial charge in [-0.05, 0) is 43.6 Å². The second kappa shape index (κ2) is 7.36. The van der Waals surface area contributed by atoms with E-state index in [1.165, 1.54) is 31.9 Å². The van der Waals surface area contributed by atoms with Crippen LogP contribution in [0.1, 0.15) is 35.2 Å². The lowest BCUT2D eigenvalue weighted by Crippen LogP contribution is -2.29. The van der Waals surface area contributed by atoms with Crippen molar-refractivity contribution >= 4 is 5.97 Å². The number of hydrogen-bond donors (Lipinski definition) is 1. The Hall–Kier alpha value is -2.93. The highest BCUT2D eigenvalue weighted by Crippen LogP contribution is 2.23. The van der Waals surface area contributed by atoms with Crippen LogP contribution in [-0.2, 0) is 11.3 Å². The van der Waals surface area contributed by atoms with Crippen molar-refractivity contribution in [2.75, 3.05) is 20.2 Å². The van der Waals surface area contributed by atoms with Gasteiger partial charge in [0.15, 0.2) is 0 Å². The number of methoxy groups -OCH3 is 1. The molecule has 0 atom stereocenters. The van der Waals surface area contributed by atoms with Gasteiger partial charge < -0.3 is 9.30 Å². The van der Waals surface area contributed by atoms with Gasteiger partial charge in [-0.3, -0.25) is 9.69 Å². The molecule has 140 valence electrons. The summed E-state index contributed by atoms with van der Waals surface area (Å²) in [5.41, 5.74) is 2.73. The number of fused-ring (bicyclic) bond motifs is 1. The van der Waals surface area contributed by atoms with Gasteiger partial charge >= 0.3 is 5.97 Å². The molecule has 7 nitrogen and oxygen atoms in total. The number of H-pyrrole nitrogens is 1. The second-order valence-electron chi connectivity index (χ2n) is 6.89. The molecule has 1 aromatic carbocycles. The molecular weight excluding hydrogens is 344 g/mol. The molecule has 27 heavy (non-hydrogen) atoms. The maximum absolute atomic E-state index is 12.1. The van der Waals surface area contributed by atoms with Gasteiger partial charge in [-0.25, -0.2) is 9.89 Å². The zero-order valence-electron chi connectivity index (χ0n) is 15.3. The van der Waals surface area contributed by atoms with Gasteiger partial charge in [-0.2, -0.15) is 5.10 Å². The fraction of sp³-hybridized carbons (Fsp3) is 0.350. The van der Waals surface area contributed by atoms with Crippen LogP contribution in [0.2, 0.25) is 0 Å². The molecule has 3 aliphatic heterocycles. The van der Waals surface area contributed by atoms with Crippen LogP contribution in [0.3, 0.4) is 0 Å². The quantitative estimate of drug-likeness (QED) is 0.718. The summed E-state index contributed by atoms with van der Waals surface area (Å²) in [5.74, 6) is -0.525. The van der Waals surface area contributed by atoms with E-state index in [0.717, 1.165) is 25.3 Å². The van der Waals surface area contributed by atoms with Crippen LogP contribution >= 0.6 is 0 Å². The topological polar surface area (TPSA) is 80.2 Å². The molecule has 3 heterocycles.